The maximum absolute atomic E-state index is 13.8. The zero-order valence-electron chi connectivity index (χ0n) is 23.5. The molecule has 2 aromatic heterocycles. The quantitative estimate of drug-likeness (QED) is 0.111. The van der Waals surface area contributed by atoms with E-state index in [0.29, 0.717) is 54.1 Å². The number of ether oxygens (including phenoxy) is 1. The summed E-state index contributed by atoms with van der Waals surface area (Å²) in [5, 5.41) is 10.2. The van der Waals surface area contributed by atoms with Gasteiger partial charge in [0, 0.05) is 30.7 Å². The molecule has 0 aliphatic rings. The molecule has 14 nitrogen and oxygen atoms in total. The molecule has 0 aliphatic heterocycles. The largest absolute Gasteiger partial charge is 0.493 e. The second-order valence-corrected chi connectivity index (χ2v) is 10.7. The molecule has 0 fully saturated rings. The Hall–Kier alpha value is -4.50. The lowest BCUT2D eigenvalue weighted by molar-refractivity contribution is -0.134. The molecular formula is C27H30F2N7O7P. The molecule has 44 heavy (non-hydrogen) atoms. The number of phosphoric acid groups is 1. The predicted octanol–water partition coefficient (Wildman–Crippen LogP) is 3.60. The SMILES string of the molecule is CCCN(CCCOc1ccc2c(Nc3cnn(CC(=O)Nc4cccc(F)c4F)c3)ncnc2c1)C(=O)COP(=O)(O)O. The van der Waals surface area contributed by atoms with Crippen LogP contribution >= 0.6 is 7.82 Å². The highest BCUT2D eigenvalue weighted by Crippen LogP contribution is 2.35. The molecule has 4 rings (SSSR count). The molecule has 17 heteroatoms. The smallest absolute Gasteiger partial charge is 0.470 e. The molecule has 234 valence electrons. The highest BCUT2D eigenvalue weighted by molar-refractivity contribution is 7.46. The minimum atomic E-state index is -4.74. The van der Waals surface area contributed by atoms with Crippen molar-refractivity contribution in [2.45, 2.75) is 26.3 Å². The third kappa shape index (κ3) is 9.25. The Labute approximate surface area is 250 Å². The van der Waals surface area contributed by atoms with Crippen molar-refractivity contribution in [3.05, 3.63) is 66.8 Å². The second-order valence-electron chi connectivity index (χ2n) is 9.45. The Bertz CT molecular complexity index is 1670. The molecule has 2 heterocycles. The topological polar surface area (TPSA) is 181 Å². The van der Waals surface area contributed by atoms with Crippen LogP contribution < -0.4 is 15.4 Å². The number of nitrogens with one attached hydrogen (secondary N) is 2. The Morgan fingerprint density at radius 1 is 1.14 bits per heavy atom. The molecule has 4 aromatic rings. The van der Waals surface area contributed by atoms with Crippen LogP contribution in [-0.4, -0.2) is 72.6 Å². The fourth-order valence-electron chi connectivity index (χ4n) is 4.12. The number of rotatable bonds is 15. The van der Waals surface area contributed by atoms with Crippen LogP contribution in [0.3, 0.4) is 0 Å². The first kappa shape index (κ1) is 32.4. The van der Waals surface area contributed by atoms with Gasteiger partial charge in [-0.15, -0.1) is 0 Å². The first-order valence-corrected chi connectivity index (χ1v) is 14.9. The van der Waals surface area contributed by atoms with Crippen molar-refractivity contribution in [2.24, 2.45) is 0 Å². The van der Waals surface area contributed by atoms with Crippen molar-refractivity contribution >= 4 is 47.7 Å². The molecule has 4 N–H and O–H groups in total. The summed E-state index contributed by atoms with van der Waals surface area (Å²) in [6.45, 7) is 1.93. The number of benzene rings is 2. The van der Waals surface area contributed by atoms with Gasteiger partial charge in [-0.25, -0.2) is 23.3 Å². The number of hydrogen-bond acceptors (Lipinski definition) is 9. The molecule has 2 amide bonds. The lowest BCUT2D eigenvalue weighted by Crippen LogP contribution is -2.35. The maximum atomic E-state index is 13.8. The van der Waals surface area contributed by atoms with Crippen LogP contribution in [0.15, 0.2) is 55.1 Å². The summed E-state index contributed by atoms with van der Waals surface area (Å²) in [6, 6.07) is 8.73. The van der Waals surface area contributed by atoms with E-state index in [1.54, 1.807) is 24.4 Å². The number of hydrogen-bond donors (Lipinski definition) is 4. The first-order valence-electron chi connectivity index (χ1n) is 13.4. The fourth-order valence-corrected chi connectivity index (χ4v) is 4.40. The van der Waals surface area contributed by atoms with Gasteiger partial charge in [0.1, 0.15) is 31.0 Å². The second kappa shape index (κ2) is 14.8. The van der Waals surface area contributed by atoms with Crippen molar-refractivity contribution < 1.29 is 42.0 Å². The summed E-state index contributed by atoms with van der Waals surface area (Å²) < 4.78 is 49.6. The van der Waals surface area contributed by atoms with Crippen molar-refractivity contribution in [3.63, 3.8) is 0 Å². The number of nitrogens with zero attached hydrogens (tertiary/aromatic N) is 5. The molecular weight excluding hydrogens is 603 g/mol. The van der Waals surface area contributed by atoms with Gasteiger partial charge in [0.2, 0.25) is 11.8 Å². The Morgan fingerprint density at radius 2 is 1.95 bits per heavy atom. The van der Waals surface area contributed by atoms with Crippen LogP contribution in [-0.2, 0) is 25.2 Å². The van der Waals surface area contributed by atoms with E-state index in [1.807, 2.05) is 6.92 Å². The summed E-state index contributed by atoms with van der Waals surface area (Å²) in [5.41, 5.74) is 0.838. The van der Waals surface area contributed by atoms with Gasteiger partial charge in [0.05, 0.1) is 29.7 Å². The van der Waals surface area contributed by atoms with Crippen molar-refractivity contribution in [3.8, 4) is 5.75 Å². The maximum Gasteiger partial charge on any atom is 0.470 e. The zero-order chi connectivity index (χ0) is 31.7. The molecule has 0 saturated carbocycles. The van der Waals surface area contributed by atoms with Gasteiger partial charge < -0.3 is 30.1 Å². The summed E-state index contributed by atoms with van der Waals surface area (Å²) in [5.74, 6) is -2.32. The van der Waals surface area contributed by atoms with Gasteiger partial charge >= 0.3 is 7.82 Å². The summed E-state index contributed by atoms with van der Waals surface area (Å²) >= 11 is 0. The Kier molecular flexibility index (Phi) is 10.9. The minimum Gasteiger partial charge on any atom is -0.493 e. The molecule has 0 saturated heterocycles. The van der Waals surface area contributed by atoms with Crippen LogP contribution in [0.1, 0.15) is 19.8 Å². The van der Waals surface area contributed by atoms with Gasteiger partial charge in [0.25, 0.3) is 0 Å². The zero-order valence-corrected chi connectivity index (χ0v) is 24.4. The van der Waals surface area contributed by atoms with E-state index in [1.165, 1.54) is 34.2 Å². The normalized spacial score (nSPS) is 11.4. The lowest BCUT2D eigenvalue weighted by atomic mass is 10.2. The number of fused-ring (bicyclic) bond motifs is 1. The van der Waals surface area contributed by atoms with Gasteiger partial charge in [-0.2, -0.15) is 5.10 Å². The lowest BCUT2D eigenvalue weighted by Gasteiger charge is -2.22. The average Bonchev–Trinajstić information content (AvgIpc) is 3.41. The van der Waals surface area contributed by atoms with Gasteiger partial charge in [0.15, 0.2) is 11.6 Å². The van der Waals surface area contributed by atoms with E-state index in [4.69, 9.17) is 14.5 Å². The predicted molar refractivity (Wildman–Crippen MR) is 155 cm³/mol. The number of aromatic nitrogens is 4. The van der Waals surface area contributed by atoms with Crippen molar-refractivity contribution in [1.82, 2.24) is 24.6 Å². The van der Waals surface area contributed by atoms with Crippen LogP contribution in [0.4, 0.5) is 26.0 Å². The van der Waals surface area contributed by atoms with Crippen molar-refractivity contribution in [1.29, 1.82) is 0 Å². The number of halogens is 2. The van der Waals surface area contributed by atoms with E-state index >= 15 is 0 Å². The van der Waals surface area contributed by atoms with Crippen molar-refractivity contribution in [2.75, 3.05) is 36.9 Å². The summed E-state index contributed by atoms with van der Waals surface area (Å²) in [7, 11) is -4.74. The summed E-state index contributed by atoms with van der Waals surface area (Å²) in [6.07, 6.45) is 5.53. The van der Waals surface area contributed by atoms with Gasteiger partial charge in [-0.1, -0.05) is 13.0 Å². The highest BCUT2D eigenvalue weighted by atomic mass is 31.2. The Balaban J connectivity index is 1.31. The average molecular weight is 634 g/mol. The third-order valence-corrected chi connectivity index (χ3v) is 6.54. The van der Waals surface area contributed by atoms with E-state index < -0.39 is 37.9 Å². The number of carbonyl (C=O) groups is 2. The molecule has 0 radical (unpaired) electrons. The molecule has 0 atom stereocenters. The van der Waals surface area contributed by atoms with Gasteiger partial charge in [-0.05, 0) is 37.1 Å². The number of carbonyl (C=O) groups excluding carboxylic acids is 2. The van der Waals surface area contributed by atoms with Crippen LogP contribution in [0.2, 0.25) is 0 Å². The number of phosphoric ester groups is 1. The van der Waals surface area contributed by atoms with Crippen LogP contribution in [0.5, 0.6) is 5.75 Å². The van der Waals surface area contributed by atoms with E-state index in [9.17, 15) is 22.9 Å². The van der Waals surface area contributed by atoms with E-state index in [2.05, 4.69) is 30.2 Å². The van der Waals surface area contributed by atoms with Crippen LogP contribution in [0, 0.1) is 11.6 Å². The monoisotopic (exact) mass is 633 g/mol. The molecule has 2 aromatic carbocycles. The number of anilines is 3. The highest BCUT2D eigenvalue weighted by Gasteiger charge is 2.20. The molecule has 0 aliphatic carbocycles. The third-order valence-electron chi connectivity index (χ3n) is 6.08. The van der Waals surface area contributed by atoms with E-state index in [0.717, 1.165) is 6.07 Å². The molecule has 0 bridgehead atoms. The van der Waals surface area contributed by atoms with Crippen LogP contribution in [0.25, 0.3) is 10.9 Å². The minimum absolute atomic E-state index is 0.242. The summed E-state index contributed by atoms with van der Waals surface area (Å²) in [4.78, 5) is 52.2. The molecule has 0 spiro atoms. The fraction of sp³-hybridized carbons (Fsp3) is 0.296. The Morgan fingerprint density at radius 3 is 2.73 bits per heavy atom. The molecule has 0 unspecified atom stereocenters. The number of amides is 2. The standard InChI is InChI=1S/C27H30F2N7O7P/c1-2-9-35(25(38)16-43-44(39,40)41)10-4-11-42-19-7-8-20-23(12-19)30-17-31-27(20)33-18-13-32-36(14-18)15-24(37)34-22-6-3-5-21(28)26(22)29/h3,5-8,12-14,17H,2,4,9-11,15-16H2,1H3,(H,34,37)(H,30,31,33)(H2,39,40,41). The first-order chi connectivity index (χ1) is 21.0. The van der Waals surface area contributed by atoms with E-state index in [-0.39, 0.29) is 18.8 Å². The van der Waals surface area contributed by atoms with Gasteiger partial charge in [-0.3, -0.25) is 18.8 Å².